The largest absolute Gasteiger partial charge is 0.480 e. The second-order valence-corrected chi connectivity index (χ2v) is 14.0. The molecule has 4 amide bonds. The van der Waals surface area contributed by atoms with Gasteiger partial charge in [0.25, 0.3) is 0 Å². The van der Waals surface area contributed by atoms with Gasteiger partial charge >= 0.3 is 12.1 Å². The van der Waals surface area contributed by atoms with Crippen LogP contribution in [0.15, 0.2) is 47.6 Å². The highest BCUT2D eigenvalue weighted by molar-refractivity contribution is 5.95. The van der Waals surface area contributed by atoms with Gasteiger partial charge < -0.3 is 25.4 Å². The van der Waals surface area contributed by atoms with Gasteiger partial charge in [0.2, 0.25) is 17.7 Å². The minimum absolute atomic E-state index is 0.00389. The standard InChI is InChI=1S/C33H45N7O7/c1-19(39(8)31(46)47-33(5,6)7)27(41)36-26(32(2,3)4)29(43)40-18-23(37-38-34)17-25(40)28(42)35-24(30(44)45)16-20-13-14-21-11-9-10-12-22(21)15-20/h9-15,19,23-26H,16-18H2,1-8H3,(H,35,42)(H,36,41)(H,44,45)/t19-,23-,24-,25-,26+/m0/s1. The average Bonchev–Trinajstić information content (AvgIpc) is 3.41. The van der Waals surface area contributed by atoms with Gasteiger partial charge in [0.1, 0.15) is 29.8 Å². The van der Waals surface area contributed by atoms with E-state index in [1.54, 1.807) is 47.6 Å². The number of azide groups is 1. The highest BCUT2D eigenvalue weighted by Gasteiger charge is 2.46. The number of carbonyl (C=O) groups is 5. The normalized spacial score (nSPS) is 18.3. The van der Waals surface area contributed by atoms with Crippen LogP contribution in [0.25, 0.3) is 21.2 Å². The molecule has 2 aromatic carbocycles. The van der Waals surface area contributed by atoms with Crippen molar-refractivity contribution in [2.24, 2.45) is 10.5 Å². The van der Waals surface area contributed by atoms with Crippen molar-refractivity contribution in [3.63, 3.8) is 0 Å². The van der Waals surface area contributed by atoms with Gasteiger partial charge in [-0.3, -0.25) is 19.3 Å². The number of carbonyl (C=O) groups excluding carboxylic acids is 4. The van der Waals surface area contributed by atoms with Crippen molar-refractivity contribution in [2.75, 3.05) is 13.6 Å². The smallest absolute Gasteiger partial charge is 0.410 e. The van der Waals surface area contributed by atoms with E-state index in [1.807, 2.05) is 36.4 Å². The molecule has 0 spiro atoms. The number of benzene rings is 2. The van der Waals surface area contributed by atoms with E-state index in [1.165, 1.54) is 18.9 Å². The van der Waals surface area contributed by atoms with Crippen molar-refractivity contribution in [3.05, 3.63) is 58.5 Å². The molecule has 14 heteroatoms. The number of nitrogens with one attached hydrogen (secondary N) is 2. The Morgan fingerprint density at radius 1 is 1.06 bits per heavy atom. The first kappa shape index (κ1) is 36.6. The maximum atomic E-state index is 14.1. The number of rotatable bonds is 10. The van der Waals surface area contributed by atoms with Gasteiger partial charge in [0, 0.05) is 24.9 Å². The van der Waals surface area contributed by atoms with Gasteiger partial charge in [0.05, 0.1) is 6.04 Å². The van der Waals surface area contributed by atoms with E-state index in [0.29, 0.717) is 5.56 Å². The molecule has 0 aromatic heterocycles. The van der Waals surface area contributed by atoms with E-state index >= 15 is 0 Å². The van der Waals surface area contributed by atoms with Crippen LogP contribution in [0.3, 0.4) is 0 Å². The maximum absolute atomic E-state index is 14.1. The summed E-state index contributed by atoms with van der Waals surface area (Å²) in [7, 11) is 1.41. The molecule has 14 nitrogen and oxygen atoms in total. The van der Waals surface area contributed by atoms with Gasteiger partial charge in [0.15, 0.2) is 0 Å². The van der Waals surface area contributed by atoms with Crippen LogP contribution in [0.2, 0.25) is 0 Å². The molecule has 1 aliphatic rings. The van der Waals surface area contributed by atoms with Gasteiger partial charge in [-0.2, -0.15) is 0 Å². The van der Waals surface area contributed by atoms with Crippen LogP contribution in [0.5, 0.6) is 0 Å². The molecule has 47 heavy (non-hydrogen) atoms. The molecule has 1 saturated heterocycles. The molecule has 0 radical (unpaired) electrons. The lowest BCUT2D eigenvalue weighted by molar-refractivity contribution is -0.146. The van der Waals surface area contributed by atoms with E-state index in [0.717, 1.165) is 15.7 Å². The first-order chi connectivity index (χ1) is 21.8. The number of carboxylic acid groups (broad SMARTS) is 1. The highest BCUT2D eigenvalue weighted by atomic mass is 16.6. The summed E-state index contributed by atoms with van der Waals surface area (Å²) in [4.78, 5) is 71.1. The minimum atomic E-state index is -1.30. The molecule has 5 atom stereocenters. The maximum Gasteiger partial charge on any atom is 0.410 e. The minimum Gasteiger partial charge on any atom is -0.480 e. The quantitative estimate of drug-likeness (QED) is 0.196. The van der Waals surface area contributed by atoms with E-state index in [2.05, 4.69) is 20.7 Å². The monoisotopic (exact) mass is 651 g/mol. The molecule has 3 rings (SSSR count). The van der Waals surface area contributed by atoms with Crippen LogP contribution >= 0.6 is 0 Å². The number of aliphatic carboxylic acids is 1. The Morgan fingerprint density at radius 3 is 2.28 bits per heavy atom. The van der Waals surface area contributed by atoms with Gasteiger partial charge in [-0.05, 0) is 61.4 Å². The molecule has 1 fully saturated rings. The lowest BCUT2D eigenvalue weighted by Gasteiger charge is -2.37. The van der Waals surface area contributed by atoms with Crippen LogP contribution in [-0.2, 0) is 30.3 Å². The van der Waals surface area contributed by atoms with E-state index in [-0.39, 0.29) is 19.4 Å². The third-order valence-corrected chi connectivity index (χ3v) is 7.99. The Balaban J connectivity index is 1.83. The number of carboxylic acids is 1. The molecule has 0 saturated carbocycles. The lowest BCUT2D eigenvalue weighted by atomic mass is 9.85. The summed E-state index contributed by atoms with van der Waals surface area (Å²) >= 11 is 0. The van der Waals surface area contributed by atoms with Crippen molar-refractivity contribution in [1.82, 2.24) is 20.4 Å². The molecular weight excluding hydrogens is 606 g/mol. The Morgan fingerprint density at radius 2 is 1.70 bits per heavy atom. The van der Waals surface area contributed by atoms with Gasteiger partial charge in [-0.15, -0.1) is 0 Å². The fourth-order valence-corrected chi connectivity index (χ4v) is 5.28. The first-order valence-corrected chi connectivity index (χ1v) is 15.4. The fraction of sp³-hybridized carbons (Fsp3) is 0.545. The molecule has 254 valence electrons. The highest BCUT2D eigenvalue weighted by Crippen LogP contribution is 2.28. The predicted molar refractivity (Wildman–Crippen MR) is 175 cm³/mol. The summed E-state index contributed by atoms with van der Waals surface area (Å²) in [5.41, 5.74) is 8.16. The van der Waals surface area contributed by atoms with Crippen molar-refractivity contribution in [2.45, 2.75) is 97.1 Å². The Kier molecular flexibility index (Phi) is 11.5. The topological polar surface area (TPSA) is 194 Å². The molecule has 1 aliphatic heterocycles. The summed E-state index contributed by atoms with van der Waals surface area (Å²) in [6.45, 7) is 11.7. The van der Waals surface area contributed by atoms with Crippen LogP contribution in [0.4, 0.5) is 4.79 Å². The summed E-state index contributed by atoms with van der Waals surface area (Å²) in [6.07, 6.45) is -0.758. The summed E-state index contributed by atoms with van der Waals surface area (Å²) in [6, 6.07) is 7.77. The average molecular weight is 652 g/mol. The third-order valence-electron chi connectivity index (χ3n) is 7.99. The zero-order chi connectivity index (χ0) is 35.3. The molecule has 1 heterocycles. The summed E-state index contributed by atoms with van der Waals surface area (Å²) in [5.74, 6) is -3.22. The molecular formula is C33H45N7O7. The SMILES string of the molecule is C[C@@H](C(=O)N[C@H](C(=O)N1C[C@@H](N=[N+]=[N-])C[C@H]1C(=O)N[C@@H](Cc1ccc2ccccc2c1)C(=O)O)C(C)(C)C)N(C)C(=O)OC(C)(C)C. The van der Waals surface area contributed by atoms with Crippen LogP contribution in [-0.4, -0.2) is 94.1 Å². The van der Waals surface area contributed by atoms with Crippen LogP contribution in [0, 0.1) is 5.41 Å². The van der Waals surface area contributed by atoms with Gasteiger partial charge in [-0.25, -0.2) is 9.59 Å². The number of nitrogens with zero attached hydrogens (tertiary/aromatic N) is 5. The van der Waals surface area contributed by atoms with Crippen molar-refractivity contribution in [3.8, 4) is 0 Å². The Labute approximate surface area is 274 Å². The molecule has 0 unspecified atom stereocenters. The van der Waals surface area contributed by atoms with Crippen LogP contribution < -0.4 is 10.6 Å². The summed E-state index contributed by atoms with van der Waals surface area (Å²) < 4.78 is 5.36. The molecule has 0 aliphatic carbocycles. The van der Waals surface area contributed by atoms with Crippen molar-refractivity contribution >= 4 is 40.6 Å². The predicted octanol–water partition coefficient (Wildman–Crippen LogP) is 4.02. The number of hydrogen-bond acceptors (Lipinski definition) is 7. The molecule has 0 bridgehead atoms. The summed E-state index contributed by atoms with van der Waals surface area (Å²) in [5, 5.41) is 20.9. The van der Waals surface area contributed by atoms with E-state index in [4.69, 9.17) is 10.3 Å². The second kappa shape index (κ2) is 14.7. The third kappa shape index (κ3) is 9.58. The van der Waals surface area contributed by atoms with Crippen molar-refractivity contribution in [1.29, 1.82) is 0 Å². The first-order valence-electron chi connectivity index (χ1n) is 15.4. The number of fused-ring (bicyclic) bond motifs is 1. The number of likely N-dealkylation sites (tertiary alicyclic amines) is 1. The number of hydrogen-bond donors (Lipinski definition) is 3. The number of likely N-dealkylation sites (N-methyl/N-ethyl adjacent to an activating group) is 1. The van der Waals surface area contributed by atoms with E-state index in [9.17, 15) is 29.1 Å². The second-order valence-electron chi connectivity index (χ2n) is 14.0. The van der Waals surface area contributed by atoms with Crippen LogP contribution in [0.1, 0.15) is 60.5 Å². The zero-order valence-electron chi connectivity index (χ0n) is 28.2. The van der Waals surface area contributed by atoms with E-state index < -0.39 is 71.0 Å². The number of amides is 4. The zero-order valence-corrected chi connectivity index (χ0v) is 28.2. The Bertz CT molecular complexity index is 1560. The molecule has 3 N–H and O–H groups in total. The van der Waals surface area contributed by atoms with Crippen molar-refractivity contribution < 1.29 is 33.8 Å². The van der Waals surface area contributed by atoms with Gasteiger partial charge in [-0.1, -0.05) is 68.4 Å². The fourth-order valence-electron chi connectivity index (χ4n) is 5.28. The Hall–Kier alpha value is -4.84. The molecule has 2 aromatic rings. The number of ether oxygens (including phenoxy) is 1. The lowest BCUT2D eigenvalue weighted by Crippen LogP contribution is -2.60.